The number of anilines is 1. The van der Waals surface area contributed by atoms with Gasteiger partial charge in [-0.05, 0) is 30.3 Å². The van der Waals surface area contributed by atoms with Crippen molar-refractivity contribution in [1.29, 1.82) is 0 Å². The van der Waals surface area contributed by atoms with Crippen LogP contribution in [0.15, 0.2) is 53.3 Å². The molecule has 2 aromatic carbocycles. The number of benzene rings is 2. The van der Waals surface area contributed by atoms with Crippen molar-refractivity contribution in [3.63, 3.8) is 0 Å². The molecule has 0 saturated heterocycles. The Labute approximate surface area is 124 Å². The molecule has 0 aliphatic carbocycles. The van der Waals surface area contributed by atoms with E-state index in [0.717, 1.165) is 12.1 Å². The molecule has 1 amide bonds. The third-order valence-corrected chi connectivity index (χ3v) is 3.21. The summed E-state index contributed by atoms with van der Waals surface area (Å²) in [6.07, 6.45) is 0. The molecule has 0 fully saturated rings. The van der Waals surface area contributed by atoms with Crippen LogP contribution in [0.2, 0.25) is 0 Å². The van der Waals surface area contributed by atoms with Gasteiger partial charge in [0.25, 0.3) is 11.5 Å². The number of hydrogen-bond acceptors (Lipinski definition) is 3. The molecule has 0 aliphatic heterocycles. The number of pyridine rings is 1. The fraction of sp³-hybridized carbons (Fsp3) is 0. The monoisotopic (exact) mass is 298 g/mol. The van der Waals surface area contributed by atoms with E-state index in [2.05, 4.69) is 10.3 Å². The molecule has 3 N–H and O–H groups in total. The molecular weight excluding hydrogens is 287 g/mol. The maximum Gasteiger partial charge on any atom is 0.265 e. The molecule has 3 rings (SSSR count). The number of H-pyrrole nitrogens is 1. The molecule has 3 aromatic rings. The van der Waals surface area contributed by atoms with Crippen LogP contribution in [-0.2, 0) is 0 Å². The molecule has 0 aliphatic rings. The number of nitrogens with one attached hydrogen (secondary N) is 2. The van der Waals surface area contributed by atoms with E-state index < -0.39 is 28.6 Å². The Bertz CT molecular complexity index is 920. The van der Waals surface area contributed by atoms with Crippen LogP contribution >= 0.6 is 0 Å². The van der Waals surface area contributed by atoms with Crippen LogP contribution < -0.4 is 10.9 Å². The molecule has 1 aromatic heterocycles. The second-order valence-corrected chi connectivity index (χ2v) is 4.69. The number of hydrogen-bond donors (Lipinski definition) is 3. The quantitative estimate of drug-likeness (QED) is 0.680. The molecule has 5 nitrogen and oxygen atoms in total. The van der Waals surface area contributed by atoms with Crippen molar-refractivity contribution in [3.8, 4) is 5.75 Å². The second kappa shape index (κ2) is 5.33. The van der Waals surface area contributed by atoms with Crippen LogP contribution in [0.1, 0.15) is 10.4 Å². The molecule has 0 saturated carbocycles. The predicted molar refractivity (Wildman–Crippen MR) is 80.6 cm³/mol. The lowest BCUT2D eigenvalue weighted by atomic mass is 10.1. The Kier molecular flexibility index (Phi) is 3.34. The van der Waals surface area contributed by atoms with Crippen LogP contribution in [0.25, 0.3) is 10.9 Å². The van der Waals surface area contributed by atoms with E-state index in [1.54, 1.807) is 30.3 Å². The first-order chi connectivity index (χ1) is 10.6. The van der Waals surface area contributed by atoms with E-state index in [4.69, 9.17) is 0 Å². The fourth-order valence-electron chi connectivity index (χ4n) is 2.17. The predicted octanol–water partition coefficient (Wildman–Crippen LogP) is 2.63. The lowest BCUT2D eigenvalue weighted by molar-refractivity contribution is 0.102. The molecule has 0 radical (unpaired) electrons. The van der Waals surface area contributed by atoms with Gasteiger partial charge in [0.05, 0.1) is 5.52 Å². The first-order valence-electron chi connectivity index (χ1n) is 6.47. The minimum absolute atomic E-state index is 0.0674. The zero-order valence-electron chi connectivity index (χ0n) is 11.3. The van der Waals surface area contributed by atoms with Crippen molar-refractivity contribution in [2.24, 2.45) is 0 Å². The van der Waals surface area contributed by atoms with Crippen molar-refractivity contribution < 1.29 is 14.3 Å². The normalized spacial score (nSPS) is 10.6. The topological polar surface area (TPSA) is 82.2 Å². The van der Waals surface area contributed by atoms with Gasteiger partial charge >= 0.3 is 0 Å². The zero-order chi connectivity index (χ0) is 15.7. The van der Waals surface area contributed by atoms with E-state index in [1.165, 1.54) is 6.07 Å². The number of aromatic nitrogens is 1. The molecule has 110 valence electrons. The maximum atomic E-state index is 13.3. The summed E-state index contributed by atoms with van der Waals surface area (Å²) in [6.45, 7) is 0. The third-order valence-electron chi connectivity index (χ3n) is 3.21. The number of aromatic amines is 1. The van der Waals surface area contributed by atoms with Gasteiger partial charge < -0.3 is 15.4 Å². The first kappa shape index (κ1) is 13.8. The third kappa shape index (κ3) is 2.42. The lowest BCUT2D eigenvalue weighted by Crippen LogP contribution is -2.23. The van der Waals surface area contributed by atoms with Crippen LogP contribution in [0.5, 0.6) is 5.75 Å². The average molecular weight is 298 g/mol. The van der Waals surface area contributed by atoms with Crippen LogP contribution in [0, 0.1) is 5.82 Å². The van der Waals surface area contributed by atoms with Crippen molar-refractivity contribution >= 4 is 22.5 Å². The van der Waals surface area contributed by atoms with Crippen LogP contribution in [0.3, 0.4) is 0 Å². The zero-order valence-corrected chi connectivity index (χ0v) is 11.3. The van der Waals surface area contributed by atoms with Gasteiger partial charge in [-0.15, -0.1) is 0 Å². The molecular formula is C16H11FN2O3. The van der Waals surface area contributed by atoms with E-state index >= 15 is 0 Å². The fourth-order valence-corrected chi connectivity index (χ4v) is 2.17. The summed E-state index contributed by atoms with van der Waals surface area (Å²) in [5.41, 5.74) is -0.474. The summed E-state index contributed by atoms with van der Waals surface area (Å²) in [4.78, 5) is 26.6. The lowest BCUT2D eigenvalue weighted by Gasteiger charge is -2.08. The summed E-state index contributed by atoms with van der Waals surface area (Å²) < 4.78 is 13.3. The minimum atomic E-state index is -0.767. The SMILES string of the molecule is O=C(Nc1ccccc1)c1c(O)c2cc(F)ccc2[nH]c1=O. The highest BCUT2D eigenvalue weighted by molar-refractivity contribution is 6.08. The Morgan fingerprint density at radius 3 is 2.59 bits per heavy atom. The number of para-hydroxylation sites is 1. The minimum Gasteiger partial charge on any atom is -0.506 e. The van der Waals surface area contributed by atoms with Gasteiger partial charge in [0.1, 0.15) is 17.1 Å². The van der Waals surface area contributed by atoms with Crippen LogP contribution in [-0.4, -0.2) is 16.0 Å². The van der Waals surface area contributed by atoms with E-state index in [-0.39, 0.29) is 10.9 Å². The van der Waals surface area contributed by atoms with E-state index in [9.17, 15) is 19.1 Å². The number of carbonyl (C=O) groups is 1. The first-order valence-corrected chi connectivity index (χ1v) is 6.47. The number of rotatable bonds is 2. The summed E-state index contributed by atoms with van der Waals surface area (Å²) in [6, 6.07) is 12.0. The molecule has 6 heteroatoms. The van der Waals surface area contributed by atoms with Crippen molar-refractivity contribution in [2.75, 3.05) is 5.32 Å². The molecule has 0 bridgehead atoms. The molecule has 0 unspecified atom stereocenters. The average Bonchev–Trinajstić information content (AvgIpc) is 2.49. The summed E-state index contributed by atoms with van der Waals surface area (Å²) in [5.74, 6) is -1.90. The van der Waals surface area contributed by atoms with Gasteiger partial charge in [0.2, 0.25) is 0 Å². The smallest absolute Gasteiger partial charge is 0.265 e. The van der Waals surface area contributed by atoms with Gasteiger partial charge in [-0.25, -0.2) is 4.39 Å². The van der Waals surface area contributed by atoms with Crippen molar-refractivity contribution in [1.82, 2.24) is 4.98 Å². The number of amides is 1. The highest BCUT2D eigenvalue weighted by Crippen LogP contribution is 2.26. The number of halogens is 1. The van der Waals surface area contributed by atoms with Gasteiger partial charge in [0.15, 0.2) is 0 Å². The highest BCUT2D eigenvalue weighted by Gasteiger charge is 2.19. The molecule has 0 atom stereocenters. The second-order valence-electron chi connectivity index (χ2n) is 4.69. The standard InChI is InChI=1S/C16H11FN2O3/c17-9-6-7-12-11(8-9)14(20)13(16(22)19-12)15(21)18-10-4-2-1-3-5-10/h1-8H,(H,18,21)(H2,19,20,22). The van der Waals surface area contributed by atoms with E-state index in [0.29, 0.717) is 5.69 Å². The Morgan fingerprint density at radius 2 is 1.86 bits per heavy atom. The largest absolute Gasteiger partial charge is 0.506 e. The molecule has 0 spiro atoms. The van der Waals surface area contributed by atoms with Crippen molar-refractivity contribution in [2.45, 2.75) is 0 Å². The molecule has 22 heavy (non-hydrogen) atoms. The van der Waals surface area contributed by atoms with E-state index in [1.807, 2.05) is 0 Å². The highest BCUT2D eigenvalue weighted by atomic mass is 19.1. The van der Waals surface area contributed by atoms with Crippen LogP contribution in [0.4, 0.5) is 10.1 Å². The number of fused-ring (bicyclic) bond motifs is 1. The van der Waals surface area contributed by atoms with Gasteiger partial charge in [-0.1, -0.05) is 18.2 Å². The number of aromatic hydroxyl groups is 1. The summed E-state index contributed by atoms with van der Waals surface area (Å²) in [5, 5.41) is 12.7. The van der Waals surface area contributed by atoms with Gasteiger partial charge in [0, 0.05) is 11.1 Å². The van der Waals surface area contributed by atoms with Gasteiger partial charge in [-0.2, -0.15) is 0 Å². The Balaban J connectivity index is 2.10. The molecule has 1 heterocycles. The summed E-state index contributed by atoms with van der Waals surface area (Å²) >= 11 is 0. The summed E-state index contributed by atoms with van der Waals surface area (Å²) in [7, 11) is 0. The Hall–Kier alpha value is -3.15. The van der Waals surface area contributed by atoms with Crippen molar-refractivity contribution in [3.05, 3.63) is 70.3 Å². The number of carbonyl (C=O) groups excluding carboxylic acids is 1. The maximum absolute atomic E-state index is 13.3. The Morgan fingerprint density at radius 1 is 1.14 bits per heavy atom. The van der Waals surface area contributed by atoms with Gasteiger partial charge in [-0.3, -0.25) is 9.59 Å².